The van der Waals surface area contributed by atoms with Gasteiger partial charge in [0.05, 0.1) is 0 Å². The molecule has 0 bridgehead atoms. The molecule has 100 valence electrons. The minimum absolute atomic E-state index is 0.673. The minimum Gasteiger partial charge on any atom is -0.341 e. The van der Waals surface area contributed by atoms with Crippen molar-refractivity contribution in [2.24, 2.45) is 5.73 Å². The Labute approximate surface area is 110 Å². The first-order valence-electron chi connectivity index (χ1n) is 7.13. The fourth-order valence-corrected chi connectivity index (χ4v) is 2.64. The van der Waals surface area contributed by atoms with E-state index in [0.29, 0.717) is 6.54 Å². The Bertz CT molecular complexity index is 372. The molecule has 4 nitrogen and oxygen atoms in total. The van der Waals surface area contributed by atoms with Crippen molar-refractivity contribution in [3.63, 3.8) is 0 Å². The van der Waals surface area contributed by atoms with Crippen LogP contribution in [0.3, 0.4) is 0 Å². The van der Waals surface area contributed by atoms with E-state index in [2.05, 4.69) is 18.7 Å². The lowest BCUT2D eigenvalue weighted by Crippen LogP contribution is -2.23. The summed E-state index contributed by atoms with van der Waals surface area (Å²) in [5, 5.41) is 0. The maximum atomic E-state index is 5.70. The molecule has 0 radical (unpaired) electrons. The van der Waals surface area contributed by atoms with Gasteiger partial charge in [-0.25, -0.2) is 9.97 Å². The molecule has 0 aliphatic carbocycles. The van der Waals surface area contributed by atoms with Crippen LogP contribution in [0, 0.1) is 0 Å². The molecular formula is C14H24N4. The van der Waals surface area contributed by atoms with Gasteiger partial charge in [-0.3, -0.25) is 0 Å². The van der Waals surface area contributed by atoms with Gasteiger partial charge in [-0.05, 0) is 44.2 Å². The number of aryl methyl sites for hydroxylation is 2. The molecule has 1 fully saturated rings. The third-order valence-electron chi connectivity index (χ3n) is 3.62. The third-order valence-corrected chi connectivity index (χ3v) is 3.62. The highest BCUT2D eigenvalue weighted by atomic mass is 15.3. The van der Waals surface area contributed by atoms with Gasteiger partial charge in [-0.2, -0.15) is 0 Å². The van der Waals surface area contributed by atoms with Gasteiger partial charge in [0, 0.05) is 24.5 Å². The Balaban J connectivity index is 2.37. The second-order valence-corrected chi connectivity index (χ2v) is 4.84. The first-order valence-corrected chi connectivity index (χ1v) is 7.13. The van der Waals surface area contributed by atoms with E-state index in [-0.39, 0.29) is 0 Å². The average molecular weight is 248 g/mol. The second-order valence-electron chi connectivity index (χ2n) is 4.84. The van der Waals surface area contributed by atoms with E-state index in [0.717, 1.165) is 38.3 Å². The number of nitrogens with two attached hydrogens (primary N) is 1. The van der Waals surface area contributed by atoms with Crippen molar-refractivity contribution in [3.8, 4) is 0 Å². The summed E-state index contributed by atoms with van der Waals surface area (Å²) >= 11 is 0. The SMILES string of the molecule is CCc1nc(N2CCCC2)nc(CC)c1CCN. The molecule has 0 saturated carbocycles. The van der Waals surface area contributed by atoms with E-state index in [9.17, 15) is 0 Å². The van der Waals surface area contributed by atoms with Crippen LogP contribution in [-0.2, 0) is 19.3 Å². The normalized spacial score (nSPS) is 15.4. The molecule has 1 aromatic rings. The average Bonchev–Trinajstić information content (AvgIpc) is 2.93. The number of hydrogen-bond donors (Lipinski definition) is 1. The molecule has 18 heavy (non-hydrogen) atoms. The van der Waals surface area contributed by atoms with Crippen LogP contribution < -0.4 is 10.6 Å². The molecule has 2 N–H and O–H groups in total. The van der Waals surface area contributed by atoms with Gasteiger partial charge in [-0.1, -0.05) is 13.8 Å². The summed E-state index contributed by atoms with van der Waals surface area (Å²) in [5.41, 5.74) is 9.36. The van der Waals surface area contributed by atoms with Gasteiger partial charge < -0.3 is 10.6 Å². The van der Waals surface area contributed by atoms with Crippen LogP contribution in [0.15, 0.2) is 0 Å². The van der Waals surface area contributed by atoms with E-state index in [1.807, 2.05) is 0 Å². The van der Waals surface area contributed by atoms with E-state index in [4.69, 9.17) is 15.7 Å². The van der Waals surface area contributed by atoms with Gasteiger partial charge in [-0.15, -0.1) is 0 Å². The van der Waals surface area contributed by atoms with Crippen molar-refractivity contribution in [3.05, 3.63) is 17.0 Å². The summed E-state index contributed by atoms with van der Waals surface area (Å²) in [5.74, 6) is 0.932. The zero-order chi connectivity index (χ0) is 13.0. The van der Waals surface area contributed by atoms with E-state index >= 15 is 0 Å². The van der Waals surface area contributed by atoms with E-state index < -0.39 is 0 Å². The Morgan fingerprint density at radius 3 is 2.06 bits per heavy atom. The summed E-state index contributed by atoms with van der Waals surface area (Å²) in [4.78, 5) is 11.8. The molecule has 0 atom stereocenters. The van der Waals surface area contributed by atoms with Crippen LogP contribution in [0.1, 0.15) is 43.6 Å². The quantitative estimate of drug-likeness (QED) is 0.861. The van der Waals surface area contributed by atoms with Gasteiger partial charge in [0.15, 0.2) is 0 Å². The Morgan fingerprint density at radius 2 is 1.61 bits per heavy atom. The number of anilines is 1. The highest BCUT2D eigenvalue weighted by Gasteiger charge is 2.18. The van der Waals surface area contributed by atoms with Crippen molar-refractivity contribution in [1.29, 1.82) is 0 Å². The number of rotatable bonds is 5. The second kappa shape index (κ2) is 6.14. The largest absolute Gasteiger partial charge is 0.341 e. The number of hydrogen-bond acceptors (Lipinski definition) is 4. The van der Waals surface area contributed by atoms with E-state index in [1.165, 1.54) is 29.8 Å². The third kappa shape index (κ3) is 2.64. The van der Waals surface area contributed by atoms with Crippen molar-refractivity contribution >= 4 is 5.95 Å². The van der Waals surface area contributed by atoms with Crippen molar-refractivity contribution in [2.45, 2.75) is 46.0 Å². The van der Waals surface area contributed by atoms with Crippen LogP contribution in [0.25, 0.3) is 0 Å². The first kappa shape index (κ1) is 13.3. The summed E-state index contributed by atoms with van der Waals surface area (Å²) in [6, 6.07) is 0. The van der Waals surface area contributed by atoms with Gasteiger partial charge in [0.25, 0.3) is 0 Å². The molecule has 0 spiro atoms. The van der Waals surface area contributed by atoms with Gasteiger partial charge in [0.1, 0.15) is 0 Å². The molecule has 1 aliphatic rings. The molecule has 0 aromatic carbocycles. The van der Waals surface area contributed by atoms with Crippen LogP contribution in [0.5, 0.6) is 0 Å². The molecule has 2 heterocycles. The van der Waals surface area contributed by atoms with E-state index in [1.54, 1.807) is 0 Å². The Morgan fingerprint density at radius 1 is 1.06 bits per heavy atom. The zero-order valence-corrected chi connectivity index (χ0v) is 11.6. The summed E-state index contributed by atoms with van der Waals surface area (Å²) in [6.07, 6.45) is 5.34. The lowest BCUT2D eigenvalue weighted by atomic mass is 10.0. The minimum atomic E-state index is 0.673. The number of aromatic nitrogens is 2. The van der Waals surface area contributed by atoms with Crippen LogP contribution in [0.2, 0.25) is 0 Å². The molecule has 2 rings (SSSR count). The van der Waals surface area contributed by atoms with Crippen molar-refractivity contribution in [1.82, 2.24) is 9.97 Å². The predicted octanol–water partition coefficient (Wildman–Crippen LogP) is 1.70. The Hall–Kier alpha value is -1.16. The molecule has 0 amide bonds. The Kier molecular flexibility index (Phi) is 4.53. The van der Waals surface area contributed by atoms with Crippen LogP contribution in [0.4, 0.5) is 5.95 Å². The van der Waals surface area contributed by atoms with Crippen molar-refractivity contribution < 1.29 is 0 Å². The highest BCUT2D eigenvalue weighted by molar-refractivity contribution is 5.38. The topological polar surface area (TPSA) is 55.0 Å². The molecule has 4 heteroatoms. The molecule has 0 unspecified atom stereocenters. The summed E-state index contributed by atoms with van der Waals surface area (Å²) in [7, 11) is 0. The summed E-state index contributed by atoms with van der Waals surface area (Å²) < 4.78 is 0. The van der Waals surface area contributed by atoms with Crippen LogP contribution >= 0.6 is 0 Å². The molecular weight excluding hydrogens is 224 g/mol. The predicted molar refractivity (Wildman–Crippen MR) is 75.0 cm³/mol. The summed E-state index contributed by atoms with van der Waals surface area (Å²) in [6.45, 7) is 7.20. The standard InChI is InChI=1S/C14H24N4/c1-3-12-11(7-8-15)13(4-2)17-14(16-12)18-9-5-6-10-18/h3-10,15H2,1-2H3. The lowest BCUT2D eigenvalue weighted by molar-refractivity contribution is 0.806. The van der Waals surface area contributed by atoms with Crippen molar-refractivity contribution in [2.75, 3.05) is 24.5 Å². The molecule has 1 saturated heterocycles. The molecule has 1 aromatic heterocycles. The number of nitrogens with zero attached hydrogens (tertiary/aromatic N) is 3. The highest BCUT2D eigenvalue weighted by Crippen LogP contribution is 2.21. The lowest BCUT2D eigenvalue weighted by Gasteiger charge is -2.19. The van der Waals surface area contributed by atoms with Crippen LogP contribution in [-0.4, -0.2) is 29.6 Å². The van der Waals surface area contributed by atoms with Gasteiger partial charge >= 0.3 is 0 Å². The fourth-order valence-electron chi connectivity index (χ4n) is 2.64. The molecule has 1 aliphatic heterocycles. The monoisotopic (exact) mass is 248 g/mol. The van der Waals surface area contributed by atoms with Gasteiger partial charge in [0.2, 0.25) is 5.95 Å². The first-order chi connectivity index (χ1) is 8.80. The zero-order valence-electron chi connectivity index (χ0n) is 11.6. The maximum absolute atomic E-state index is 5.70. The maximum Gasteiger partial charge on any atom is 0.225 e. The fraction of sp³-hybridized carbons (Fsp3) is 0.714. The smallest absolute Gasteiger partial charge is 0.225 e.